The van der Waals surface area contributed by atoms with Gasteiger partial charge in [-0.3, -0.25) is 0 Å². The van der Waals surface area contributed by atoms with Crippen LogP contribution in [0.4, 0.5) is 0 Å². The fourth-order valence-electron chi connectivity index (χ4n) is 1.40. The van der Waals surface area contributed by atoms with Crippen LogP contribution >= 0.6 is 11.6 Å². The molecule has 2 nitrogen and oxygen atoms in total. The predicted molar refractivity (Wildman–Crippen MR) is 67.0 cm³/mol. The van der Waals surface area contributed by atoms with Crippen LogP contribution in [0, 0.1) is 0 Å². The standard InChI is InChI=1S/C12H10O2.CH3Cl/c13-11-7-3-1-5-9(11)10-6-2-4-8-12(10)14;1-2/h1-8,13-14H;1H3. The van der Waals surface area contributed by atoms with Crippen molar-refractivity contribution in [1.82, 2.24) is 0 Å². The van der Waals surface area contributed by atoms with E-state index in [2.05, 4.69) is 11.6 Å². The van der Waals surface area contributed by atoms with Gasteiger partial charge in [0.2, 0.25) is 0 Å². The molecule has 0 saturated heterocycles. The first-order valence-electron chi connectivity index (χ1n) is 4.73. The summed E-state index contributed by atoms with van der Waals surface area (Å²) in [6.45, 7) is 0. The molecule has 2 rings (SSSR count). The maximum atomic E-state index is 9.58. The number of alkyl halides is 1. The van der Waals surface area contributed by atoms with Gasteiger partial charge in [0, 0.05) is 17.5 Å². The molecule has 0 aliphatic heterocycles. The zero-order chi connectivity index (χ0) is 12.0. The molecule has 84 valence electrons. The molecular weight excluding hydrogens is 224 g/mol. The van der Waals surface area contributed by atoms with Crippen LogP contribution in [0.1, 0.15) is 0 Å². The highest BCUT2D eigenvalue weighted by Gasteiger charge is 2.06. The van der Waals surface area contributed by atoms with Crippen molar-refractivity contribution >= 4 is 11.6 Å². The molecule has 0 unspecified atom stereocenters. The molecule has 2 N–H and O–H groups in total. The molecule has 0 amide bonds. The number of aromatic hydroxyl groups is 2. The second-order valence-electron chi connectivity index (χ2n) is 3.03. The Hall–Kier alpha value is -1.67. The largest absolute Gasteiger partial charge is 0.507 e. The molecule has 0 spiro atoms. The van der Waals surface area contributed by atoms with Crippen LogP contribution in [0.3, 0.4) is 0 Å². The summed E-state index contributed by atoms with van der Waals surface area (Å²) >= 11 is 4.64. The van der Waals surface area contributed by atoms with Crippen LogP contribution < -0.4 is 0 Å². The first-order valence-corrected chi connectivity index (χ1v) is 5.49. The van der Waals surface area contributed by atoms with Crippen molar-refractivity contribution in [2.24, 2.45) is 0 Å². The van der Waals surface area contributed by atoms with Crippen LogP contribution in [0.25, 0.3) is 11.1 Å². The number of hydrogen-bond donors (Lipinski definition) is 2. The topological polar surface area (TPSA) is 40.5 Å². The number of hydrogen-bond acceptors (Lipinski definition) is 2. The van der Waals surface area contributed by atoms with E-state index < -0.39 is 0 Å². The Bertz CT molecular complexity index is 412. The van der Waals surface area contributed by atoms with Crippen LogP contribution in [-0.4, -0.2) is 16.6 Å². The second-order valence-corrected chi connectivity index (χ2v) is 3.03. The molecule has 0 radical (unpaired) electrons. The van der Waals surface area contributed by atoms with Crippen molar-refractivity contribution in [3.63, 3.8) is 0 Å². The van der Waals surface area contributed by atoms with E-state index in [0.29, 0.717) is 11.1 Å². The van der Waals surface area contributed by atoms with Crippen molar-refractivity contribution in [2.45, 2.75) is 0 Å². The van der Waals surface area contributed by atoms with E-state index in [-0.39, 0.29) is 11.5 Å². The second kappa shape index (κ2) is 6.03. The molecule has 0 atom stereocenters. The molecule has 16 heavy (non-hydrogen) atoms. The fraction of sp³-hybridized carbons (Fsp3) is 0.0769. The molecular formula is C13H13ClO2. The summed E-state index contributed by atoms with van der Waals surface area (Å²) < 4.78 is 0. The molecule has 0 aliphatic rings. The van der Waals surface area contributed by atoms with Gasteiger partial charge < -0.3 is 10.2 Å². The van der Waals surface area contributed by atoms with Crippen molar-refractivity contribution in [2.75, 3.05) is 6.38 Å². The lowest BCUT2D eigenvalue weighted by atomic mass is 10.0. The Morgan fingerprint density at radius 1 is 0.688 bits per heavy atom. The molecule has 0 aromatic heterocycles. The number of halogens is 1. The van der Waals surface area contributed by atoms with Crippen LogP contribution in [0.5, 0.6) is 11.5 Å². The number of phenolic OH excluding ortho intramolecular Hbond substituents is 2. The van der Waals surface area contributed by atoms with Gasteiger partial charge >= 0.3 is 0 Å². The third kappa shape index (κ3) is 2.67. The van der Waals surface area contributed by atoms with Gasteiger partial charge in [-0.25, -0.2) is 0 Å². The van der Waals surface area contributed by atoms with Crippen molar-refractivity contribution in [3.05, 3.63) is 48.5 Å². The van der Waals surface area contributed by atoms with Gasteiger partial charge in [-0.15, -0.1) is 11.6 Å². The molecule has 0 saturated carbocycles. The number of rotatable bonds is 1. The van der Waals surface area contributed by atoms with E-state index in [9.17, 15) is 10.2 Å². The van der Waals surface area contributed by atoms with Gasteiger partial charge in [0.15, 0.2) is 0 Å². The monoisotopic (exact) mass is 236 g/mol. The van der Waals surface area contributed by atoms with Gasteiger partial charge in [-0.2, -0.15) is 0 Å². The zero-order valence-electron chi connectivity index (χ0n) is 8.89. The number of benzene rings is 2. The SMILES string of the molecule is CCl.Oc1ccccc1-c1ccccc1O. The smallest absolute Gasteiger partial charge is 0.123 e. The summed E-state index contributed by atoms with van der Waals surface area (Å²) in [7, 11) is 0. The normalized spacial score (nSPS) is 9.12. The Balaban J connectivity index is 0.000000606. The van der Waals surface area contributed by atoms with E-state index in [1.807, 2.05) is 12.1 Å². The lowest BCUT2D eigenvalue weighted by Crippen LogP contribution is -1.79. The molecule has 0 fully saturated rings. The Kier molecular flexibility index (Phi) is 4.67. The highest BCUT2D eigenvalue weighted by molar-refractivity contribution is 6.15. The Labute approximate surface area is 99.8 Å². The molecule has 0 heterocycles. The van der Waals surface area contributed by atoms with E-state index in [1.165, 1.54) is 6.38 Å². The summed E-state index contributed by atoms with van der Waals surface area (Å²) in [5.74, 6) is 0.350. The quantitative estimate of drug-likeness (QED) is 0.743. The minimum Gasteiger partial charge on any atom is -0.507 e. The molecule has 2 aromatic carbocycles. The summed E-state index contributed by atoms with van der Waals surface area (Å²) in [6.07, 6.45) is 1.47. The zero-order valence-corrected chi connectivity index (χ0v) is 9.65. The van der Waals surface area contributed by atoms with Gasteiger partial charge in [0.25, 0.3) is 0 Å². The lowest BCUT2D eigenvalue weighted by Gasteiger charge is -2.05. The minimum atomic E-state index is 0.175. The maximum absolute atomic E-state index is 9.58. The van der Waals surface area contributed by atoms with Gasteiger partial charge in [0.1, 0.15) is 11.5 Å². The highest BCUT2D eigenvalue weighted by Crippen LogP contribution is 2.34. The summed E-state index contributed by atoms with van der Waals surface area (Å²) in [5.41, 5.74) is 1.29. The Morgan fingerprint density at radius 3 is 1.31 bits per heavy atom. The van der Waals surface area contributed by atoms with Gasteiger partial charge in [0.05, 0.1) is 0 Å². The number of phenols is 2. The van der Waals surface area contributed by atoms with E-state index in [1.54, 1.807) is 36.4 Å². The highest BCUT2D eigenvalue weighted by atomic mass is 35.5. The van der Waals surface area contributed by atoms with Gasteiger partial charge in [-0.05, 0) is 12.1 Å². The molecule has 0 bridgehead atoms. The molecule has 0 aliphatic carbocycles. The average molecular weight is 237 g/mol. The number of para-hydroxylation sites is 2. The van der Waals surface area contributed by atoms with E-state index in [4.69, 9.17) is 0 Å². The van der Waals surface area contributed by atoms with Crippen LogP contribution in [0.2, 0.25) is 0 Å². The average Bonchev–Trinajstić information content (AvgIpc) is 2.34. The summed E-state index contributed by atoms with van der Waals surface area (Å²) in [6, 6.07) is 13.9. The Morgan fingerprint density at radius 2 is 1.00 bits per heavy atom. The van der Waals surface area contributed by atoms with Crippen molar-refractivity contribution in [3.8, 4) is 22.6 Å². The third-order valence-electron chi connectivity index (χ3n) is 2.10. The van der Waals surface area contributed by atoms with Gasteiger partial charge in [-0.1, -0.05) is 36.4 Å². The van der Waals surface area contributed by atoms with Crippen LogP contribution in [-0.2, 0) is 0 Å². The summed E-state index contributed by atoms with van der Waals surface area (Å²) in [5, 5.41) is 19.2. The summed E-state index contributed by atoms with van der Waals surface area (Å²) in [4.78, 5) is 0. The molecule has 2 aromatic rings. The van der Waals surface area contributed by atoms with Crippen LogP contribution in [0.15, 0.2) is 48.5 Å². The van der Waals surface area contributed by atoms with E-state index >= 15 is 0 Å². The first kappa shape index (κ1) is 12.4. The van der Waals surface area contributed by atoms with Crippen molar-refractivity contribution in [1.29, 1.82) is 0 Å². The van der Waals surface area contributed by atoms with Crippen molar-refractivity contribution < 1.29 is 10.2 Å². The molecule has 3 heteroatoms. The predicted octanol–water partition coefficient (Wildman–Crippen LogP) is 3.62. The lowest BCUT2D eigenvalue weighted by molar-refractivity contribution is 0.469. The minimum absolute atomic E-state index is 0.175. The first-order chi connectivity index (χ1) is 7.79. The fourth-order valence-corrected chi connectivity index (χ4v) is 1.40. The maximum Gasteiger partial charge on any atom is 0.123 e. The third-order valence-corrected chi connectivity index (χ3v) is 2.10. The van der Waals surface area contributed by atoms with E-state index in [0.717, 1.165) is 0 Å².